The predicted molar refractivity (Wildman–Crippen MR) is 93.7 cm³/mol. The van der Waals surface area contributed by atoms with Crippen molar-refractivity contribution in [1.82, 2.24) is 20.0 Å². The summed E-state index contributed by atoms with van der Waals surface area (Å²) in [5.41, 5.74) is 6.98. The Morgan fingerprint density at radius 3 is 2.73 bits per heavy atom. The van der Waals surface area contributed by atoms with Gasteiger partial charge in [0.25, 0.3) is 5.56 Å². The van der Waals surface area contributed by atoms with Crippen molar-refractivity contribution in [2.45, 2.75) is 18.9 Å². The molecule has 6 nitrogen and oxygen atoms in total. The highest BCUT2D eigenvalue weighted by Crippen LogP contribution is 2.38. The number of benzene rings is 2. The molecule has 26 heavy (non-hydrogen) atoms. The minimum absolute atomic E-state index is 0.0913. The monoisotopic (exact) mass is 353 g/mol. The van der Waals surface area contributed by atoms with Gasteiger partial charge in [-0.3, -0.25) is 9.89 Å². The van der Waals surface area contributed by atoms with E-state index >= 15 is 0 Å². The summed E-state index contributed by atoms with van der Waals surface area (Å²) >= 11 is 0. The van der Waals surface area contributed by atoms with E-state index in [1.165, 1.54) is 0 Å². The van der Waals surface area contributed by atoms with Crippen LogP contribution >= 0.6 is 0 Å². The number of halogens is 2. The van der Waals surface area contributed by atoms with Crippen LogP contribution in [0, 0.1) is 11.6 Å². The highest BCUT2D eigenvalue weighted by Gasteiger charge is 2.28. The molecule has 1 aliphatic rings. The van der Waals surface area contributed by atoms with Crippen molar-refractivity contribution in [3.8, 4) is 11.1 Å². The van der Waals surface area contributed by atoms with Gasteiger partial charge < -0.3 is 10.3 Å². The van der Waals surface area contributed by atoms with E-state index in [0.29, 0.717) is 22.1 Å². The van der Waals surface area contributed by atoms with Crippen LogP contribution in [0.4, 0.5) is 14.5 Å². The van der Waals surface area contributed by atoms with Crippen molar-refractivity contribution in [2.24, 2.45) is 0 Å². The van der Waals surface area contributed by atoms with E-state index in [4.69, 9.17) is 5.73 Å². The molecule has 2 aromatic carbocycles. The molecule has 0 amide bonds. The van der Waals surface area contributed by atoms with Gasteiger partial charge in [-0.15, -0.1) is 5.10 Å². The maximum absolute atomic E-state index is 14.3. The van der Waals surface area contributed by atoms with E-state index < -0.39 is 11.6 Å². The van der Waals surface area contributed by atoms with Crippen LogP contribution in [0.1, 0.15) is 18.9 Å². The largest absolute Gasteiger partial charge is 0.396 e. The average Bonchev–Trinajstić information content (AvgIpc) is 3.32. The van der Waals surface area contributed by atoms with Gasteiger partial charge >= 0.3 is 0 Å². The Morgan fingerprint density at radius 2 is 1.96 bits per heavy atom. The predicted octanol–water partition coefficient (Wildman–Crippen LogP) is 3.14. The second-order valence-electron chi connectivity index (χ2n) is 6.53. The first kappa shape index (κ1) is 15.0. The van der Waals surface area contributed by atoms with Crippen LogP contribution in [0.15, 0.2) is 35.1 Å². The van der Waals surface area contributed by atoms with Crippen molar-refractivity contribution < 1.29 is 8.78 Å². The number of fused-ring (bicyclic) bond motifs is 3. The summed E-state index contributed by atoms with van der Waals surface area (Å²) in [7, 11) is 0. The summed E-state index contributed by atoms with van der Waals surface area (Å²) in [4.78, 5) is 12.8. The molecule has 2 aromatic heterocycles. The lowest BCUT2D eigenvalue weighted by Crippen LogP contribution is -2.20. The Labute approximate surface area is 145 Å². The number of nitrogens with zero attached hydrogens (tertiary/aromatic N) is 3. The van der Waals surface area contributed by atoms with E-state index in [1.54, 1.807) is 22.8 Å². The fraction of sp³-hybridized carbons (Fsp3) is 0.167. The average molecular weight is 353 g/mol. The van der Waals surface area contributed by atoms with Crippen molar-refractivity contribution in [3.63, 3.8) is 0 Å². The van der Waals surface area contributed by atoms with E-state index in [2.05, 4.69) is 15.4 Å². The zero-order chi connectivity index (χ0) is 18.0. The molecule has 0 aliphatic heterocycles. The van der Waals surface area contributed by atoms with Gasteiger partial charge in [-0.25, -0.2) is 8.78 Å². The lowest BCUT2D eigenvalue weighted by atomic mass is 10.0. The minimum Gasteiger partial charge on any atom is -0.396 e. The van der Waals surface area contributed by atoms with Crippen LogP contribution in [0.25, 0.3) is 33.1 Å². The summed E-state index contributed by atoms with van der Waals surface area (Å²) in [6, 6.07) is 7.25. The van der Waals surface area contributed by atoms with E-state index in [0.717, 1.165) is 30.4 Å². The third-order valence-corrected chi connectivity index (χ3v) is 4.80. The fourth-order valence-corrected chi connectivity index (χ4v) is 3.37. The summed E-state index contributed by atoms with van der Waals surface area (Å²) in [6.07, 6.45) is 1.80. The smallest absolute Gasteiger partial charge is 0.278 e. The number of pyridine rings is 1. The molecule has 4 aromatic rings. The summed E-state index contributed by atoms with van der Waals surface area (Å²) in [5.74, 6) is -1.31. The number of nitrogens with two attached hydrogens (primary N) is 1. The van der Waals surface area contributed by atoms with E-state index in [-0.39, 0.29) is 22.9 Å². The van der Waals surface area contributed by atoms with Crippen LogP contribution in [-0.4, -0.2) is 20.0 Å². The Hall–Kier alpha value is -3.29. The molecule has 2 heterocycles. The summed E-state index contributed by atoms with van der Waals surface area (Å²) in [5, 5.41) is 11.1. The van der Waals surface area contributed by atoms with Gasteiger partial charge in [0.05, 0.1) is 11.2 Å². The molecule has 5 rings (SSSR count). The van der Waals surface area contributed by atoms with Crippen LogP contribution < -0.4 is 11.3 Å². The number of aromatic nitrogens is 4. The number of nitrogens with one attached hydrogen (secondary N) is 1. The lowest BCUT2D eigenvalue weighted by molar-refractivity contribution is 0.607. The van der Waals surface area contributed by atoms with Crippen molar-refractivity contribution in [2.75, 3.05) is 5.73 Å². The molecule has 1 aliphatic carbocycles. The first-order valence-corrected chi connectivity index (χ1v) is 8.18. The quantitative estimate of drug-likeness (QED) is 0.542. The molecule has 0 saturated heterocycles. The Bertz CT molecular complexity index is 1260. The van der Waals surface area contributed by atoms with Crippen molar-refractivity contribution >= 4 is 27.6 Å². The van der Waals surface area contributed by atoms with Gasteiger partial charge in [0.2, 0.25) is 0 Å². The number of H-pyrrole nitrogens is 1. The number of rotatable bonds is 2. The molecule has 0 atom stereocenters. The maximum Gasteiger partial charge on any atom is 0.278 e. The molecular formula is C18H13F2N5O. The summed E-state index contributed by atoms with van der Waals surface area (Å²) in [6.45, 7) is 0. The fourth-order valence-electron chi connectivity index (χ4n) is 3.37. The van der Waals surface area contributed by atoms with Crippen LogP contribution in [0.5, 0.6) is 0 Å². The SMILES string of the molecule is Nc1cc(F)c(-c2ccc3c4nn[nH]c4c(=O)n(C4CC4)c3c2)cc1F. The third kappa shape index (κ3) is 2.05. The van der Waals surface area contributed by atoms with Gasteiger partial charge in [-0.2, -0.15) is 0 Å². The second kappa shape index (κ2) is 5.10. The van der Waals surface area contributed by atoms with Gasteiger partial charge in [0.1, 0.15) is 17.2 Å². The minimum atomic E-state index is -0.687. The Morgan fingerprint density at radius 1 is 1.15 bits per heavy atom. The van der Waals surface area contributed by atoms with Crippen molar-refractivity contribution in [1.29, 1.82) is 0 Å². The van der Waals surface area contributed by atoms with Gasteiger partial charge in [-0.1, -0.05) is 11.3 Å². The molecule has 0 unspecified atom stereocenters. The number of aromatic amines is 1. The molecule has 3 N–H and O–H groups in total. The first-order chi connectivity index (χ1) is 12.5. The Kier molecular flexibility index (Phi) is 2.95. The van der Waals surface area contributed by atoms with Gasteiger partial charge in [0.15, 0.2) is 5.52 Å². The number of hydrogen-bond acceptors (Lipinski definition) is 4. The molecule has 0 spiro atoms. The number of anilines is 1. The molecule has 0 radical (unpaired) electrons. The maximum atomic E-state index is 14.3. The van der Waals surface area contributed by atoms with Gasteiger partial charge in [0, 0.05) is 23.1 Å². The van der Waals surface area contributed by atoms with E-state index in [1.807, 2.05) is 0 Å². The van der Waals surface area contributed by atoms with Gasteiger partial charge in [-0.05, 0) is 36.6 Å². The van der Waals surface area contributed by atoms with Crippen LogP contribution in [0.3, 0.4) is 0 Å². The van der Waals surface area contributed by atoms with E-state index in [9.17, 15) is 13.6 Å². The Balaban J connectivity index is 1.85. The molecule has 1 saturated carbocycles. The van der Waals surface area contributed by atoms with Crippen molar-refractivity contribution in [3.05, 3.63) is 52.3 Å². The molecule has 8 heteroatoms. The second-order valence-corrected chi connectivity index (χ2v) is 6.53. The molecule has 1 fully saturated rings. The normalized spacial score (nSPS) is 14.4. The molecular weight excluding hydrogens is 340 g/mol. The lowest BCUT2D eigenvalue weighted by Gasteiger charge is -2.12. The third-order valence-electron chi connectivity index (χ3n) is 4.80. The topological polar surface area (TPSA) is 89.6 Å². The molecule has 130 valence electrons. The summed E-state index contributed by atoms with van der Waals surface area (Å²) < 4.78 is 29.9. The van der Waals surface area contributed by atoms with Crippen LogP contribution in [-0.2, 0) is 0 Å². The molecule has 0 bridgehead atoms. The highest BCUT2D eigenvalue weighted by molar-refractivity contribution is 6.03. The zero-order valence-electron chi connectivity index (χ0n) is 13.5. The highest BCUT2D eigenvalue weighted by atomic mass is 19.1. The standard InChI is InChI=1S/C18H13F2N5O/c19-12-7-14(21)13(20)6-11(12)8-1-4-10-15(5-8)25(9-2-3-9)18(26)17-16(10)22-24-23-17/h1,4-7,9H,2-3,21H2,(H,22,23,24). The number of hydrogen-bond donors (Lipinski definition) is 2. The number of nitrogen functional groups attached to an aromatic ring is 1. The first-order valence-electron chi connectivity index (χ1n) is 8.18. The zero-order valence-corrected chi connectivity index (χ0v) is 13.5. The van der Waals surface area contributed by atoms with Crippen LogP contribution in [0.2, 0.25) is 0 Å².